The van der Waals surface area contributed by atoms with Crippen LogP contribution in [-0.2, 0) is 9.53 Å². The average molecular weight is 357 g/mol. The van der Waals surface area contributed by atoms with E-state index in [1.54, 1.807) is 0 Å². The van der Waals surface area contributed by atoms with Gasteiger partial charge in [0, 0.05) is 31.0 Å². The third-order valence-electron chi connectivity index (χ3n) is 6.27. The van der Waals surface area contributed by atoms with Crippen LogP contribution in [-0.4, -0.2) is 56.7 Å². The molecule has 0 unspecified atom stereocenters. The molecule has 0 bridgehead atoms. The summed E-state index contributed by atoms with van der Waals surface area (Å²) in [4.78, 5) is 17.1. The van der Waals surface area contributed by atoms with Crippen LogP contribution in [0.2, 0.25) is 0 Å². The molecule has 3 fully saturated rings. The van der Waals surface area contributed by atoms with Crippen molar-refractivity contribution in [2.75, 3.05) is 56.2 Å². The summed E-state index contributed by atoms with van der Waals surface area (Å²) in [6, 6.07) is 8.20. The Morgan fingerprint density at radius 2 is 1.73 bits per heavy atom. The number of nitrogens with one attached hydrogen (secondary N) is 1. The molecule has 2 heterocycles. The van der Waals surface area contributed by atoms with E-state index in [0.717, 1.165) is 56.9 Å². The molecule has 1 aromatic rings. The molecule has 1 amide bonds. The molecule has 1 saturated carbocycles. The second kappa shape index (κ2) is 8.40. The van der Waals surface area contributed by atoms with Crippen LogP contribution in [0.5, 0.6) is 0 Å². The molecule has 2 saturated heterocycles. The average Bonchev–Trinajstić information content (AvgIpc) is 2.69. The van der Waals surface area contributed by atoms with Gasteiger partial charge in [0.2, 0.25) is 5.91 Å². The van der Waals surface area contributed by atoms with Crippen LogP contribution in [0.4, 0.5) is 11.4 Å². The Morgan fingerprint density at radius 1 is 1.00 bits per heavy atom. The van der Waals surface area contributed by atoms with Gasteiger partial charge < -0.3 is 15.0 Å². The maximum atomic E-state index is 12.4. The first-order chi connectivity index (χ1) is 12.8. The molecule has 1 aromatic carbocycles. The number of likely N-dealkylation sites (tertiary alicyclic amines) is 1. The number of carbonyl (C=O) groups is 1. The first-order valence-corrected chi connectivity index (χ1v) is 10.2. The second-order valence-corrected chi connectivity index (χ2v) is 8.02. The molecule has 5 heteroatoms. The number of piperidine rings is 1. The summed E-state index contributed by atoms with van der Waals surface area (Å²) in [7, 11) is 0. The molecule has 1 N–H and O–H groups in total. The number of carbonyl (C=O) groups excluding carboxylic acids is 1. The van der Waals surface area contributed by atoms with Crippen LogP contribution < -0.4 is 10.2 Å². The second-order valence-electron chi connectivity index (χ2n) is 8.02. The van der Waals surface area contributed by atoms with Crippen molar-refractivity contribution in [2.45, 2.75) is 32.1 Å². The number of morpholine rings is 1. The van der Waals surface area contributed by atoms with Gasteiger partial charge in [-0.2, -0.15) is 0 Å². The Bertz CT molecular complexity index is 598. The molecule has 3 aliphatic rings. The standard InChI is InChI=1S/C21H31N3O2/c25-21(16-23-10-9-17-3-1-2-4-18(17)15-23)22-19-5-7-20(8-6-19)24-11-13-26-14-12-24/h5-8,17-18H,1-4,9-16H2,(H,22,25)/t17-,18-/m1/s1. The fourth-order valence-corrected chi connectivity index (χ4v) is 4.80. The van der Waals surface area contributed by atoms with Crippen molar-refractivity contribution >= 4 is 17.3 Å². The maximum absolute atomic E-state index is 12.4. The van der Waals surface area contributed by atoms with Crippen LogP contribution in [0.3, 0.4) is 0 Å². The molecule has 2 aliphatic heterocycles. The highest BCUT2D eigenvalue weighted by Gasteiger charge is 2.31. The van der Waals surface area contributed by atoms with Crippen molar-refractivity contribution in [3.05, 3.63) is 24.3 Å². The molecule has 0 radical (unpaired) electrons. The minimum Gasteiger partial charge on any atom is -0.378 e. The summed E-state index contributed by atoms with van der Waals surface area (Å²) in [6.45, 7) is 6.14. The van der Waals surface area contributed by atoms with Crippen molar-refractivity contribution in [3.63, 3.8) is 0 Å². The lowest BCUT2D eigenvalue weighted by Gasteiger charge is -2.41. The van der Waals surface area contributed by atoms with Crippen molar-refractivity contribution < 1.29 is 9.53 Å². The molecule has 0 aromatic heterocycles. The Hall–Kier alpha value is -1.59. The topological polar surface area (TPSA) is 44.8 Å². The van der Waals surface area contributed by atoms with E-state index in [0.29, 0.717) is 6.54 Å². The van der Waals surface area contributed by atoms with Gasteiger partial charge in [-0.1, -0.05) is 19.3 Å². The van der Waals surface area contributed by atoms with Gasteiger partial charge in [0.25, 0.3) is 0 Å². The zero-order chi connectivity index (χ0) is 17.8. The smallest absolute Gasteiger partial charge is 0.238 e. The van der Waals surface area contributed by atoms with E-state index < -0.39 is 0 Å². The van der Waals surface area contributed by atoms with Crippen LogP contribution in [0.15, 0.2) is 24.3 Å². The third-order valence-corrected chi connectivity index (χ3v) is 6.27. The molecule has 5 nitrogen and oxygen atoms in total. The molecule has 4 rings (SSSR count). The predicted molar refractivity (Wildman–Crippen MR) is 105 cm³/mol. The SMILES string of the molecule is O=C(CN1CC[C@H]2CCCC[C@@H]2C1)Nc1ccc(N2CCOCC2)cc1. The number of benzene rings is 1. The van der Waals surface area contributed by atoms with Crippen molar-refractivity contribution in [1.82, 2.24) is 4.90 Å². The van der Waals surface area contributed by atoms with E-state index in [-0.39, 0.29) is 5.91 Å². The van der Waals surface area contributed by atoms with Gasteiger partial charge in [0.05, 0.1) is 19.8 Å². The quantitative estimate of drug-likeness (QED) is 0.900. The van der Waals surface area contributed by atoms with Gasteiger partial charge in [-0.25, -0.2) is 0 Å². The zero-order valence-corrected chi connectivity index (χ0v) is 15.7. The van der Waals surface area contributed by atoms with Crippen molar-refractivity contribution in [2.24, 2.45) is 11.8 Å². The number of hydrogen-bond donors (Lipinski definition) is 1. The molecule has 2 atom stereocenters. The van der Waals surface area contributed by atoms with Gasteiger partial charge in [-0.05, 0) is 55.5 Å². The Kier molecular flexibility index (Phi) is 5.75. The molecular formula is C21H31N3O2. The Morgan fingerprint density at radius 3 is 2.50 bits per heavy atom. The summed E-state index contributed by atoms with van der Waals surface area (Å²) in [5.74, 6) is 1.84. The highest BCUT2D eigenvalue weighted by Crippen LogP contribution is 2.35. The maximum Gasteiger partial charge on any atom is 0.238 e. The number of amides is 1. The third kappa shape index (κ3) is 4.38. The highest BCUT2D eigenvalue weighted by atomic mass is 16.5. The largest absolute Gasteiger partial charge is 0.378 e. The fraction of sp³-hybridized carbons (Fsp3) is 0.667. The molecular weight excluding hydrogens is 326 g/mol. The zero-order valence-electron chi connectivity index (χ0n) is 15.7. The van der Waals surface area contributed by atoms with E-state index in [2.05, 4.69) is 27.2 Å². The number of hydrogen-bond acceptors (Lipinski definition) is 4. The number of nitrogens with zero attached hydrogens (tertiary/aromatic N) is 2. The van der Waals surface area contributed by atoms with E-state index in [4.69, 9.17) is 4.74 Å². The van der Waals surface area contributed by atoms with Gasteiger partial charge in [-0.3, -0.25) is 9.69 Å². The van der Waals surface area contributed by atoms with Crippen LogP contribution in [0, 0.1) is 11.8 Å². The summed E-state index contributed by atoms with van der Waals surface area (Å²) in [5, 5.41) is 3.07. The lowest BCUT2D eigenvalue weighted by atomic mass is 9.75. The van der Waals surface area contributed by atoms with Gasteiger partial charge >= 0.3 is 0 Å². The Labute approximate surface area is 156 Å². The summed E-state index contributed by atoms with van der Waals surface area (Å²) in [5.41, 5.74) is 2.09. The van der Waals surface area contributed by atoms with Crippen LogP contribution in [0.25, 0.3) is 0 Å². The van der Waals surface area contributed by atoms with Crippen molar-refractivity contribution in [3.8, 4) is 0 Å². The minimum absolute atomic E-state index is 0.110. The Balaban J connectivity index is 1.26. The first-order valence-electron chi connectivity index (χ1n) is 10.2. The molecule has 0 spiro atoms. The predicted octanol–water partition coefficient (Wildman–Crippen LogP) is 2.97. The fourth-order valence-electron chi connectivity index (χ4n) is 4.80. The highest BCUT2D eigenvalue weighted by molar-refractivity contribution is 5.92. The van der Waals surface area contributed by atoms with Gasteiger partial charge in [0.1, 0.15) is 0 Å². The molecule has 26 heavy (non-hydrogen) atoms. The lowest BCUT2D eigenvalue weighted by Crippen LogP contribution is -2.44. The van der Waals surface area contributed by atoms with Crippen LogP contribution >= 0.6 is 0 Å². The van der Waals surface area contributed by atoms with Gasteiger partial charge in [-0.15, -0.1) is 0 Å². The number of rotatable bonds is 4. The van der Waals surface area contributed by atoms with Crippen LogP contribution in [0.1, 0.15) is 32.1 Å². The van der Waals surface area contributed by atoms with E-state index in [1.807, 2.05) is 12.1 Å². The number of fused-ring (bicyclic) bond motifs is 1. The number of anilines is 2. The van der Waals surface area contributed by atoms with E-state index >= 15 is 0 Å². The van der Waals surface area contributed by atoms with Gasteiger partial charge in [0.15, 0.2) is 0 Å². The lowest BCUT2D eigenvalue weighted by molar-refractivity contribution is -0.118. The summed E-state index contributed by atoms with van der Waals surface area (Å²) >= 11 is 0. The molecule has 1 aliphatic carbocycles. The van der Waals surface area contributed by atoms with E-state index in [9.17, 15) is 4.79 Å². The van der Waals surface area contributed by atoms with E-state index in [1.165, 1.54) is 37.8 Å². The minimum atomic E-state index is 0.110. The van der Waals surface area contributed by atoms with Crippen molar-refractivity contribution in [1.29, 1.82) is 0 Å². The summed E-state index contributed by atoms with van der Waals surface area (Å²) < 4.78 is 5.40. The monoisotopic (exact) mass is 357 g/mol. The normalized spacial score (nSPS) is 27.0. The molecule has 142 valence electrons. The summed E-state index contributed by atoms with van der Waals surface area (Å²) in [6.07, 6.45) is 6.80. The first kappa shape index (κ1) is 17.8. The number of ether oxygens (including phenoxy) is 1.